The molecule has 0 aromatic carbocycles. The van der Waals surface area contributed by atoms with Gasteiger partial charge in [-0.05, 0) is 79.3 Å². The van der Waals surface area contributed by atoms with Crippen LogP contribution in [0.2, 0.25) is 0 Å². The van der Waals surface area contributed by atoms with Crippen molar-refractivity contribution in [2.75, 3.05) is 44.7 Å². The van der Waals surface area contributed by atoms with Gasteiger partial charge in [0.25, 0.3) is 5.78 Å². The van der Waals surface area contributed by atoms with Crippen LogP contribution in [0.4, 0.5) is 32.6 Å². The molecule has 0 spiro atoms. The molecule has 302 valence electrons. The lowest BCUT2D eigenvalue weighted by atomic mass is 9.81. The van der Waals surface area contributed by atoms with E-state index in [0.29, 0.717) is 50.5 Å². The van der Waals surface area contributed by atoms with E-state index in [1.54, 1.807) is 26.4 Å². The molecule has 1 aliphatic carbocycles. The molecule has 1 saturated carbocycles. The molecule has 0 bridgehead atoms. The average Bonchev–Trinajstić information content (AvgIpc) is 3.75. The van der Waals surface area contributed by atoms with Crippen molar-refractivity contribution in [2.24, 2.45) is 5.92 Å². The van der Waals surface area contributed by atoms with E-state index >= 15 is 0 Å². The molecule has 0 radical (unpaired) electrons. The fourth-order valence-electron chi connectivity index (χ4n) is 6.24. The molecule has 6 rings (SSSR count). The predicted molar refractivity (Wildman–Crippen MR) is 192 cm³/mol. The summed E-state index contributed by atoms with van der Waals surface area (Å²) in [5, 5.41) is 14.6. The number of fused-ring (bicyclic) bond motifs is 1. The first kappa shape index (κ1) is 44.0. The number of imidazole rings is 1. The summed E-state index contributed by atoms with van der Waals surface area (Å²) >= 11 is 0. The molecule has 2 saturated heterocycles. The Kier molecular flexibility index (Phi) is 16.5. The van der Waals surface area contributed by atoms with E-state index in [2.05, 4.69) is 25.7 Å². The van der Waals surface area contributed by atoms with Gasteiger partial charge in [0.05, 0.1) is 17.9 Å². The van der Waals surface area contributed by atoms with Gasteiger partial charge in [-0.25, -0.2) is 23.1 Å². The number of rotatable bonds is 6. The molecule has 54 heavy (non-hydrogen) atoms. The second-order valence-corrected chi connectivity index (χ2v) is 14.1. The first-order valence-electron chi connectivity index (χ1n) is 18.1. The summed E-state index contributed by atoms with van der Waals surface area (Å²) in [5.74, 6) is -1.03. The van der Waals surface area contributed by atoms with Gasteiger partial charge in [-0.1, -0.05) is 0 Å². The monoisotopic (exact) mass is 772 g/mol. The largest absolute Gasteiger partial charge is 0.444 e. The van der Waals surface area contributed by atoms with Crippen LogP contribution in [-0.2, 0) is 16.1 Å². The van der Waals surface area contributed by atoms with Gasteiger partial charge in [-0.15, -0.1) is 0 Å². The molecule has 3 fully saturated rings. The number of carbonyl (C=O) groups excluding carboxylic acids is 3. The van der Waals surface area contributed by atoms with E-state index in [1.807, 2.05) is 47.9 Å². The molecule has 19 heteroatoms. The van der Waals surface area contributed by atoms with Crippen molar-refractivity contribution in [3.05, 3.63) is 35.5 Å². The van der Waals surface area contributed by atoms with E-state index in [1.165, 1.54) is 0 Å². The third-order valence-corrected chi connectivity index (χ3v) is 8.89. The minimum Gasteiger partial charge on any atom is -0.444 e. The van der Waals surface area contributed by atoms with Crippen molar-refractivity contribution >= 4 is 29.9 Å². The van der Waals surface area contributed by atoms with E-state index in [4.69, 9.17) is 14.7 Å². The molecule has 3 aromatic heterocycles. The van der Waals surface area contributed by atoms with Crippen LogP contribution in [0.5, 0.6) is 0 Å². The molecule has 2 aliphatic heterocycles. The van der Waals surface area contributed by atoms with Gasteiger partial charge in [-0.3, -0.25) is 14.3 Å². The van der Waals surface area contributed by atoms with Crippen molar-refractivity contribution < 1.29 is 41.1 Å². The summed E-state index contributed by atoms with van der Waals surface area (Å²) in [6, 6.07) is 1.57. The van der Waals surface area contributed by atoms with Gasteiger partial charge in [0.2, 0.25) is 11.8 Å². The normalized spacial score (nSPS) is 18.0. The molecule has 5 heterocycles. The van der Waals surface area contributed by atoms with Gasteiger partial charge >= 0.3 is 12.8 Å². The Morgan fingerprint density at radius 2 is 1.76 bits per heavy atom. The zero-order valence-electron chi connectivity index (χ0n) is 31.8. The van der Waals surface area contributed by atoms with Crippen LogP contribution in [0.15, 0.2) is 18.5 Å². The number of carbonyl (C=O) groups is 3. The maximum atomic E-state index is 13.6. The van der Waals surface area contributed by atoms with E-state index < -0.39 is 18.2 Å². The lowest BCUT2D eigenvalue weighted by molar-refractivity contribution is -0.122. The topological polar surface area (TPSA) is 152 Å². The number of aromatic nitrogens is 6. The number of piperazine rings is 1. The summed E-state index contributed by atoms with van der Waals surface area (Å²) in [5.41, 5.74) is 1.64. The first-order chi connectivity index (χ1) is 25.5. The smallest absolute Gasteiger partial charge is 0.410 e. The summed E-state index contributed by atoms with van der Waals surface area (Å²) in [7, 11) is 1.84. The zero-order chi connectivity index (χ0) is 40.1. The number of anilines is 1. The number of ether oxygens (including phenoxy) is 1. The molecular weight excluding hydrogens is 719 g/mol. The average molecular weight is 773 g/mol. The molecule has 2 amide bonds. The lowest BCUT2D eigenvalue weighted by Gasteiger charge is -2.36. The van der Waals surface area contributed by atoms with Crippen LogP contribution < -0.4 is 15.5 Å². The molecular formula is C35H53F5N10O4. The van der Waals surface area contributed by atoms with Crippen molar-refractivity contribution in [3.63, 3.8) is 0 Å². The highest BCUT2D eigenvalue weighted by Crippen LogP contribution is 2.41. The maximum absolute atomic E-state index is 13.6. The Morgan fingerprint density at radius 1 is 1.11 bits per heavy atom. The van der Waals surface area contributed by atoms with Crippen molar-refractivity contribution in [3.8, 4) is 0 Å². The zero-order valence-corrected chi connectivity index (χ0v) is 31.8. The number of hydrogen-bond donors (Lipinski definition) is 2. The van der Waals surface area contributed by atoms with Crippen LogP contribution in [-0.4, -0.2) is 111 Å². The number of nitrogens with one attached hydrogen (secondary N) is 2. The highest BCUT2D eigenvalue weighted by atomic mass is 19.4. The van der Waals surface area contributed by atoms with Gasteiger partial charge < -0.3 is 25.2 Å². The predicted octanol–water partition coefficient (Wildman–Crippen LogP) is 5.76. The standard InChI is InChI=1S/C23H35F2N7O2.C6H8N2O.C5H9NO.CHF3/c1-15-19(30-10-12-31(13-11-30)21(33)34-22(2,3)4)28-20-27-17(14-32(20)29-15)18(26-5)16-6-8-23(24,25)9-7-16;1-2-8-6(5-9)3-4-7-8;7-5-3-1-2-4-6-5;2-1(3)4/h14,16,18,26H,6-13H2,1-5H3;3-5H,2H2,1H3;1-4H2,(H,6,7);1H. The van der Waals surface area contributed by atoms with Crippen molar-refractivity contribution in [2.45, 2.75) is 110 Å². The summed E-state index contributed by atoms with van der Waals surface area (Å²) < 4.78 is 65.0. The van der Waals surface area contributed by atoms with Gasteiger partial charge in [0, 0.05) is 64.7 Å². The fourth-order valence-corrected chi connectivity index (χ4v) is 6.24. The van der Waals surface area contributed by atoms with Crippen LogP contribution in [0.25, 0.3) is 5.78 Å². The number of hydrogen-bond acceptors (Lipinski definition) is 10. The number of alkyl halides is 5. The van der Waals surface area contributed by atoms with E-state index in [0.717, 1.165) is 55.8 Å². The molecule has 1 atom stereocenters. The third kappa shape index (κ3) is 13.8. The number of nitrogens with zero attached hydrogens (tertiary/aromatic N) is 8. The number of aryl methyl sites for hydroxylation is 2. The summed E-state index contributed by atoms with van der Waals surface area (Å²) in [4.78, 5) is 46.2. The van der Waals surface area contributed by atoms with Gasteiger partial charge in [0.1, 0.15) is 17.0 Å². The quantitative estimate of drug-likeness (QED) is 0.234. The van der Waals surface area contributed by atoms with Crippen molar-refractivity contribution in [1.82, 2.24) is 44.9 Å². The number of amides is 2. The first-order valence-corrected chi connectivity index (χ1v) is 18.1. The molecule has 14 nitrogen and oxygen atoms in total. The second kappa shape index (κ2) is 20.3. The molecule has 3 aliphatic rings. The summed E-state index contributed by atoms with van der Waals surface area (Å²) in [6.45, 7) is 9.70. The third-order valence-electron chi connectivity index (χ3n) is 8.89. The fraction of sp³-hybridized carbons (Fsp3) is 0.686. The van der Waals surface area contributed by atoms with Crippen LogP contribution >= 0.6 is 0 Å². The Bertz CT molecular complexity index is 1620. The Hall–Kier alpha value is -4.42. The SMILES string of the molecule is CCn1nccc1C=O.CNC(c1cn2nc(C)c(N3CCN(C(=O)OC(C)(C)C)CC3)nc2n1)C1CCC(F)(F)CC1.FC(F)F.O=C1CCCCN1. The Morgan fingerprint density at radius 3 is 2.24 bits per heavy atom. The summed E-state index contributed by atoms with van der Waals surface area (Å²) in [6.07, 6.45) is 7.67. The number of piperidine rings is 1. The van der Waals surface area contributed by atoms with E-state index in [9.17, 15) is 36.3 Å². The van der Waals surface area contributed by atoms with Gasteiger partial charge in [0.15, 0.2) is 12.1 Å². The molecule has 1 unspecified atom stereocenters. The van der Waals surface area contributed by atoms with E-state index in [-0.39, 0.29) is 36.8 Å². The maximum Gasteiger partial charge on any atom is 0.410 e. The highest BCUT2D eigenvalue weighted by molar-refractivity contribution is 5.76. The van der Waals surface area contributed by atoms with Crippen LogP contribution in [0, 0.1) is 12.8 Å². The second-order valence-electron chi connectivity index (χ2n) is 14.1. The van der Waals surface area contributed by atoms with Crippen LogP contribution in [0.1, 0.15) is 101 Å². The van der Waals surface area contributed by atoms with Crippen molar-refractivity contribution in [1.29, 1.82) is 0 Å². The molecule has 3 aromatic rings. The minimum atomic E-state index is -3.67. The minimum absolute atomic E-state index is 0.0851. The Balaban J connectivity index is 0.000000316. The highest BCUT2D eigenvalue weighted by Gasteiger charge is 2.38. The molecule has 2 N–H and O–H groups in total. The Labute approximate surface area is 312 Å². The number of aldehydes is 1. The van der Waals surface area contributed by atoms with Crippen LogP contribution in [0.3, 0.4) is 0 Å². The van der Waals surface area contributed by atoms with Gasteiger partial charge in [-0.2, -0.15) is 28.4 Å². The number of halogens is 5. The lowest BCUT2D eigenvalue weighted by Crippen LogP contribution is -2.50.